The maximum atomic E-state index is 13.4. The van der Waals surface area contributed by atoms with Crippen LogP contribution in [0.4, 0.5) is 4.39 Å². The van der Waals surface area contributed by atoms with Gasteiger partial charge in [-0.2, -0.15) is 0 Å². The van der Waals surface area contributed by atoms with Crippen LogP contribution in [-0.4, -0.2) is 59.4 Å². The summed E-state index contributed by atoms with van der Waals surface area (Å²) in [7, 11) is 0. The van der Waals surface area contributed by atoms with Crippen LogP contribution in [0.25, 0.3) is 0 Å². The first-order valence-electron chi connectivity index (χ1n) is 10.2. The van der Waals surface area contributed by atoms with Gasteiger partial charge >= 0.3 is 0 Å². The van der Waals surface area contributed by atoms with Crippen molar-refractivity contribution in [3.8, 4) is 0 Å². The Morgan fingerprint density at radius 2 is 1.87 bits per heavy atom. The van der Waals surface area contributed by atoms with Gasteiger partial charge in [-0.3, -0.25) is 14.5 Å². The highest BCUT2D eigenvalue weighted by molar-refractivity contribution is 5.97. The molecule has 7 heteroatoms. The van der Waals surface area contributed by atoms with Crippen LogP contribution in [0.2, 0.25) is 0 Å². The Kier molecular flexibility index (Phi) is 6.11. The Morgan fingerprint density at radius 1 is 1.10 bits per heavy atom. The molecule has 0 aliphatic carbocycles. The van der Waals surface area contributed by atoms with Crippen LogP contribution in [0, 0.1) is 5.82 Å². The third kappa shape index (κ3) is 4.52. The SMILES string of the molecule is C[C@@H](OCc1ccccc1)[C@@H]1NC(=O)[C@H]2CN(Cc3cccc(F)c3)CCN2C1=O. The summed E-state index contributed by atoms with van der Waals surface area (Å²) >= 11 is 0. The normalized spacial score (nSPS) is 23.1. The van der Waals surface area contributed by atoms with Crippen LogP contribution in [0.15, 0.2) is 54.6 Å². The van der Waals surface area contributed by atoms with Crippen LogP contribution in [0.5, 0.6) is 0 Å². The van der Waals surface area contributed by atoms with Gasteiger partial charge in [0, 0.05) is 26.2 Å². The minimum Gasteiger partial charge on any atom is -0.371 e. The number of carbonyl (C=O) groups is 2. The van der Waals surface area contributed by atoms with E-state index >= 15 is 0 Å². The smallest absolute Gasteiger partial charge is 0.248 e. The number of benzene rings is 2. The molecule has 0 radical (unpaired) electrons. The van der Waals surface area contributed by atoms with Crippen molar-refractivity contribution >= 4 is 11.8 Å². The van der Waals surface area contributed by atoms with Crippen molar-refractivity contribution in [3.63, 3.8) is 0 Å². The molecular weight excluding hydrogens is 385 g/mol. The van der Waals surface area contributed by atoms with E-state index < -0.39 is 18.2 Å². The van der Waals surface area contributed by atoms with Crippen molar-refractivity contribution in [1.82, 2.24) is 15.1 Å². The quantitative estimate of drug-likeness (QED) is 0.789. The first-order chi connectivity index (χ1) is 14.5. The second-order valence-corrected chi connectivity index (χ2v) is 7.90. The summed E-state index contributed by atoms with van der Waals surface area (Å²) in [5.74, 6) is -0.548. The zero-order valence-corrected chi connectivity index (χ0v) is 17.0. The molecule has 6 nitrogen and oxygen atoms in total. The minimum atomic E-state index is -0.688. The van der Waals surface area contributed by atoms with Crippen molar-refractivity contribution in [1.29, 1.82) is 0 Å². The Balaban J connectivity index is 1.36. The van der Waals surface area contributed by atoms with Crippen LogP contribution in [0.3, 0.4) is 0 Å². The Morgan fingerprint density at radius 3 is 2.63 bits per heavy atom. The highest BCUT2D eigenvalue weighted by Gasteiger charge is 2.45. The van der Waals surface area contributed by atoms with Gasteiger partial charge < -0.3 is 15.0 Å². The average Bonchev–Trinajstić information content (AvgIpc) is 2.75. The number of carbonyl (C=O) groups excluding carboxylic acids is 2. The maximum Gasteiger partial charge on any atom is 0.248 e. The standard InChI is InChI=1S/C23H26FN3O3/c1-16(30-15-17-6-3-2-4-7-17)21-23(29)27-11-10-26(14-20(27)22(28)25-21)13-18-8-5-9-19(24)12-18/h2-9,12,16,20-21H,10-11,13-15H2,1H3,(H,25,28)/t16-,20-,21+/m1/s1. The third-order valence-corrected chi connectivity index (χ3v) is 5.73. The molecule has 0 unspecified atom stereocenters. The Hall–Kier alpha value is -2.77. The highest BCUT2D eigenvalue weighted by Crippen LogP contribution is 2.20. The van der Waals surface area contributed by atoms with E-state index in [-0.39, 0.29) is 17.6 Å². The molecule has 2 aromatic carbocycles. The second-order valence-electron chi connectivity index (χ2n) is 7.90. The topological polar surface area (TPSA) is 61.9 Å². The predicted molar refractivity (Wildman–Crippen MR) is 110 cm³/mol. The largest absolute Gasteiger partial charge is 0.371 e. The highest BCUT2D eigenvalue weighted by atomic mass is 19.1. The average molecular weight is 411 g/mol. The molecular formula is C23H26FN3O3. The van der Waals surface area contributed by atoms with Gasteiger partial charge in [0.15, 0.2) is 0 Å². The second kappa shape index (κ2) is 8.93. The number of fused-ring (bicyclic) bond motifs is 1. The molecule has 0 saturated carbocycles. The molecule has 158 valence electrons. The first kappa shape index (κ1) is 20.5. The summed E-state index contributed by atoms with van der Waals surface area (Å²) in [6.07, 6.45) is -0.437. The van der Waals surface area contributed by atoms with E-state index in [4.69, 9.17) is 4.74 Å². The van der Waals surface area contributed by atoms with Crippen molar-refractivity contribution in [2.75, 3.05) is 19.6 Å². The van der Waals surface area contributed by atoms with Gasteiger partial charge in [-0.15, -0.1) is 0 Å². The van der Waals surface area contributed by atoms with Crippen molar-refractivity contribution in [2.45, 2.75) is 38.3 Å². The molecule has 3 atom stereocenters. The fraction of sp³-hybridized carbons (Fsp3) is 0.391. The van der Waals surface area contributed by atoms with E-state index in [2.05, 4.69) is 10.2 Å². The molecule has 2 saturated heterocycles. The minimum absolute atomic E-state index is 0.106. The molecule has 2 aromatic rings. The van der Waals surface area contributed by atoms with Crippen LogP contribution in [0.1, 0.15) is 18.1 Å². The van der Waals surface area contributed by atoms with Gasteiger partial charge in [0.1, 0.15) is 17.9 Å². The van der Waals surface area contributed by atoms with Crippen LogP contribution < -0.4 is 5.32 Å². The van der Waals surface area contributed by atoms with Gasteiger partial charge in [-0.1, -0.05) is 42.5 Å². The van der Waals surface area contributed by atoms with Crippen molar-refractivity contribution in [3.05, 3.63) is 71.5 Å². The number of ether oxygens (including phenoxy) is 1. The lowest BCUT2D eigenvalue weighted by molar-refractivity contribution is -0.157. The lowest BCUT2D eigenvalue weighted by atomic mass is 10.0. The van der Waals surface area contributed by atoms with E-state index in [1.807, 2.05) is 43.3 Å². The summed E-state index contributed by atoms with van der Waals surface area (Å²) in [5, 5.41) is 2.85. The van der Waals surface area contributed by atoms with Gasteiger partial charge in [0.25, 0.3) is 0 Å². The number of halogens is 1. The summed E-state index contributed by atoms with van der Waals surface area (Å²) in [6.45, 7) is 4.27. The third-order valence-electron chi connectivity index (χ3n) is 5.73. The molecule has 0 bridgehead atoms. The summed E-state index contributed by atoms with van der Waals surface area (Å²) in [6, 6.07) is 15.0. The van der Waals surface area contributed by atoms with Gasteiger partial charge in [0.2, 0.25) is 11.8 Å². The molecule has 2 fully saturated rings. The van der Waals surface area contributed by atoms with Crippen LogP contribution in [-0.2, 0) is 27.5 Å². The van der Waals surface area contributed by atoms with E-state index in [1.54, 1.807) is 11.0 Å². The van der Waals surface area contributed by atoms with Crippen molar-refractivity contribution in [2.24, 2.45) is 0 Å². The number of nitrogens with zero attached hydrogens (tertiary/aromatic N) is 2. The number of piperazine rings is 2. The number of amides is 2. The van der Waals surface area contributed by atoms with Crippen LogP contribution >= 0.6 is 0 Å². The zero-order chi connectivity index (χ0) is 21.1. The molecule has 0 spiro atoms. The lowest BCUT2D eigenvalue weighted by Gasteiger charge is -2.46. The first-order valence-corrected chi connectivity index (χ1v) is 10.2. The zero-order valence-electron chi connectivity index (χ0n) is 17.0. The fourth-order valence-electron chi connectivity index (χ4n) is 4.07. The van der Waals surface area contributed by atoms with Crippen molar-refractivity contribution < 1.29 is 18.7 Å². The fourth-order valence-corrected chi connectivity index (χ4v) is 4.07. The molecule has 0 aromatic heterocycles. The number of rotatable bonds is 6. The number of hydrogen-bond donors (Lipinski definition) is 1. The summed E-state index contributed by atoms with van der Waals surface area (Å²) < 4.78 is 19.3. The van der Waals surface area contributed by atoms with Gasteiger partial charge in [-0.25, -0.2) is 4.39 Å². The summed E-state index contributed by atoms with van der Waals surface area (Å²) in [4.78, 5) is 29.5. The number of nitrogens with one attached hydrogen (secondary N) is 1. The Labute approximate surface area is 175 Å². The summed E-state index contributed by atoms with van der Waals surface area (Å²) in [5.41, 5.74) is 1.87. The number of hydrogen-bond acceptors (Lipinski definition) is 4. The monoisotopic (exact) mass is 411 g/mol. The van der Waals surface area contributed by atoms with E-state index in [0.29, 0.717) is 32.8 Å². The lowest BCUT2D eigenvalue weighted by Crippen LogP contribution is -2.71. The van der Waals surface area contributed by atoms with E-state index in [1.165, 1.54) is 12.1 Å². The molecule has 1 N–H and O–H groups in total. The molecule has 4 rings (SSSR count). The molecule has 2 aliphatic heterocycles. The van der Waals surface area contributed by atoms with E-state index in [0.717, 1.165) is 11.1 Å². The van der Waals surface area contributed by atoms with Gasteiger partial charge in [0.05, 0.1) is 12.7 Å². The molecule has 30 heavy (non-hydrogen) atoms. The molecule has 2 heterocycles. The maximum absolute atomic E-state index is 13.4. The predicted octanol–water partition coefficient (Wildman–Crippen LogP) is 1.94. The van der Waals surface area contributed by atoms with E-state index in [9.17, 15) is 14.0 Å². The Bertz CT molecular complexity index is 908. The van der Waals surface area contributed by atoms with Gasteiger partial charge in [-0.05, 0) is 30.2 Å². The molecule has 2 aliphatic rings. The molecule has 2 amide bonds.